The summed E-state index contributed by atoms with van der Waals surface area (Å²) in [6, 6.07) is 16.0. The molecule has 0 aromatic heterocycles. The lowest BCUT2D eigenvalue weighted by Crippen LogP contribution is -2.51. The molecular formula is C25H23Cl4N3O4S. The standard InChI is InChI=1S/C25H23Cl4N3O4S/c1-3-36-20-13-19(28)21(37(34,35)30-2)12-18(20)25(24(29)33)31-22(14-4-8-16(26)9-5-14)23(32-25)15-6-10-17(27)11-7-15/h4-13,22-23,30-32H,3H2,1-2H3. The van der Waals surface area contributed by atoms with Crippen LogP contribution in [-0.4, -0.2) is 27.3 Å². The van der Waals surface area contributed by atoms with Gasteiger partial charge in [-0.3, -0.25) is 15.4 Å². The second kappa shape index (κ2) is 11.1. The molecule has 0 amide bonds. The normalized spacial score (nSPS) is 21.7. The van der Waals surface area contributed by atoms with E-state index >= 15 is 0 Å². The molecule has 2 atom stereocenters. The van der Waals surface area contributed by atoms with E-state index in [2.05, 4.69) is 15.4 Å². The summed E-state index contributed by atoms with van der Waals surface area (Å²) < 4.78 is 33.5. The third-order valence-electron chi connectivity index (χ3n) is 6.13. The Hall–Kier alpha value is -1.88. The summed E-state index contributed by atoms with van der Waals surface area (Å²) >= 11 is 24.8. The maximum atomic E-state index is 13.2. The van der Waals surface area contributed by atoms with Gasteiger partial charge in [0, 0.05) is 21.7 Å². The molecule has 1 aliphatic heterocycles. The number of halogens is 4. The van der Waals surface area contributed by atoms with Gasteiger partial charge in [0.1, 0.15) is 10.6 Å². The van der Waals surface area contributed by atoms with Gasteiger partial charge in [0.25, 0.3) is 5.24 Å². The molecule has 196 valence electrons. The van der Waals surface area contributed by atoms with Gasteiger partial charge in [-0.1, -0.05) is 59.1 Å². The summed E-state index contributed by atoms with van der Waals surface area (Å²) in [6.07, 6.45) is 0. The first-order chi connectivity index (χ1) is 17.5. The Morgan fingerprint density at radius 2 is 1.43 bits per heavy atom. The van der Waals surface area contributed by atoms with Crippen LogP contribution in [0.15, 0.2) is 65.6 Å². The molecule has 12 heteroatoms. The summed E-state index contributed by atoms with van der Waals surface area (Å²) in [5, 5.41) is 6.87. The lowest BCUT2D eigenvalue weighted by atomic mass is 9.95. The van der Waals surface area contributed by atoms with Crippen molar-refractivity contribution in [2.75, 3.05) is 13.7 Å². The Morgan fingerprint density at radius 3 is 1.84 bits per heavy atom. The van der Waals surface area contributed by atoms with E-state index < -0.39 is 33.0 Å². The van der Waals surface area contributed by atoms with Crippen LogP contribution in [0.3, 0.4) is 0 Å². The maximum Gasteiger partial charge on any atom is 0.261 e. The minimum absolute atomic E-state index is 0.0692. The topological polar surface area (TPSA) is 96.5 Å². The van der Waals surface area contributed by atoms with E-state index in [0.29, 0.717) is 10.0 Å². The van der Waals surface area contributed by atoms with Crippen molar-refractivity contribution in [3.05, 3.63) is 92.4 Å². The molecule has 2 unspecified atom stereocenters. The van der Waals surface area contributed by atoms with Gasteiger partial charge in [0.15, 0.2) is 5.66 Å². The van der Waals surface area contributed by atoms with Crippen LogP contribution in [0.25, 0.3) is 0 Å². The SMILES string of the molecule is CCOc1cc(Cl)c(S(=O)(=O)NC)cc1C1(C(=O)Cl)NC(c2ccc(Cl)cc2)C(c2ccc(Cl)cc2)N1. The second-order valence-electron chi connectivity index (χ2n) is 8.29. The number of hydrogen-bond donors (Lipinski definition) is 3. The molecular weight excluding hydrogens is 580 g/mol. The van der Waals surface area contributed by atoms with E-state index in [4.69, 9.17) is 51.1 Å². The summed E-state index contributed by atoms with van der Waals surface area (Å²) in [5.74, 6) is 0.197. The van der Waals surface area contributed by atoms with Crippen LogP contribution in [0, 0.1) is 0 Å². The largest absolute Gasteiger partial charge is 0.493 e. The molecule has 4 rings (SSSR count). The number of carbonyl (C=O) groups excluding carboxylic acids is 1. The Morgan fingerprint density at radius 1 is 0.946 bits per heavy atom. The number of rotatable bonds is 8. The van der Waals surface area contributed by atoms with Gasteiger partial charge >= 0.3 is 0 Å². The lowest BCUT2D eigenvalue weighted by molar-refractivity contribution is -0.118. The molecule has 3 aromatic carbocycles. The van der Waals surface area contributed by atoms with Gasteiger partial charge in [-0.25, -0.2) is 13.1 Å². The molecule has 3 N–H and O–H groups in total. The van der Waals surface area contributed by atoms with Gasteiger partial charge in [-0.2, -0.15) is 0 Å². The summed E-state index contributed by atoms with van der Waals surface area (Å²) in [6.45, 7) is 1.99. The Bertz CT molecular complexity index is 1360. The fraction of sp³-hybridized carbons (Fsp3) is 0.240. The number of benzene rings is 3. The van der Waals surface area contributed by atoms with Crippen molar-refractivity contribution >= 4 is 61.7 Å². The molecule has 1 fully saturated rings. The van der Waals surface area contributed by atoms with Crippen molar-refractivity contribution in [2.45, 2.75) is 29.6 Å². The first kappa shape index (κ1) is 28.1. The van der Waals surface area contributed by atoms with Crippen molar-refractivity contribution in [2.24, 2.45) is 0 Å². The van der Waals surface area contributed by atoms with Crippen LogP contribution in [-0.2, 0) is 20.5 Å². The maximum absolute atomic E-state index is 13.2. The monoisotopic (exact) mass is 601 g/mol. The van der Waals surface area contributed by atoms with Crippen LogP contribution in [0.1, 0.15) is 35.7 Å². The van der Waals surface area contributed by atoms with Crippen molar-refractivity contribution in [3.8, 4) is 5.75 Å². The highest BCUT2D eigenvalue weighted by atomic mass is 35.5. The van der Waals surface area contributed by atoms with Crippen LogP contribution in [0.2, 0.25) is 15.1 Å². The molecule has 0 saturated carbocycles. The van der Waals surface area contributed by atoms with E-state index in [0.717, 1.165) is 11.1 Å². The van der Waals surface area contributed by atoms with Gasteiger partial charge < -0.3 is 4.74 Å². The molecule has 1 saturated heterocycles. The highest BCUT2D eigenvalue weighted by molar-refractivity contribution is 7.89. The van der Waals surface area contributed by atoms with Gasteiger partial charge in [-0.15, -0.1) is 0 Å². The summed E-state index contributed by atoms with van der Waals surface area (Å²) in [7, 11) is -2.72. The first-order valence-electron chi connectivity index (χ1n) is 11.2. The minimum Gasteiger partial charge on any atom is -0.493 e. The number of sulfonamides is 1. The van der Waals surface area contributed by atoms with Crippen molar-refractivity contribution in [3.63, 3.8) is 0 Å². The average molecular weight is 603 g/mol. The van der Waals surface area contributed by atoms with Crippen molar-refractivity contribution in [1.29, 1.82) is 0 Å². The molecule has 0 spiro atoms. The summed E-state index contributed by atoms with van der Waals surface area (Å²) in [4.78, 5) is 13.0. The minimum atomic E-state index is -3.98. The number of nitrogens with one attached hydrogen (secondary N) is 3. The molecule has 0 bridgehead atoms. The highest BCUT2D eigenvalue weighted by Crippen LogP contribution is 2.46. The van der Waals surface area contributed by atoms with E-state index in [1.54, 1.807) is 31.2 Å². The third kappa shape index (κ3) is 5.48. The number of carbonyl (C=O) groups is 1. The summed E-state index contributed by atoms with van der Waals surface area (Å²) in [5.41, 5.74) is 0.0461. The smallest absolute Gasteiger partial charge is 0.261 e. The van der Waals surface area contributed by atoms with Gasteiger partial charge in [0.2, 0.25) is 10.0 Å². The van der Waals surface area contributed by atoms with E-state index in [1.165, 1.54) is 19.2 Å². The van der Waals surface area contributed by atoms with Gasteiger partial charge in [0.05, 0.1) is 23.7 Å². The Labute approximate surface area is 235 Å². The van der Waals surface area contributed by atoms with Crippen LogP contribution >= 0.6 is 46.4 Å². The molecule has 1 aliphatic rings. The molecule has 3 aromatic rings. The van der Waals surface area contributed by atoms with Crippen molar-refractivity contribution in [1.82, 2.24) is 15.4 Å². The van der Waals surface area contributed by atoms with Crippen molar-refractivity contribution < 1.29 is 17.9 Å². The second-order valence-corrected chi connectivity index (χ2v) is 11.8. The zero-order valence-electron chi connectivity index (χ0n) is 19.7. The average Bonchev–Trinajstić information content (AvgIpc) is 3.27. The molecule has 0 aliphatic carbocycles. The fourth-order valence-corrected chi connectivity index (χ4v) is 6.09. The zero-order valence-corrected chi connectivity index (χ0v) is 23.5. The molecule has 7 nitrogen and oxygen atoms in total. The van der Waals surface area contributed by atoms with E-state index in [9.17, 15) is 13.2 Å². The van der Waals surface area contributed by atoms with Crippen LogP contribution in [0.5, 0.6) is 5.75 Å². The van der Waals surface area contributed by atoms with E-state index in [1.807, 2.05) is 24.3 Å². The highest BCUT2D eigenvalue weighted by Gasteiger charge is 2.52. The predicted octanol–water partition coefficient (Wildman–Crippen LogP) is 5.55. The molecule has 1 heterocycles. The van der Waals surface area contributed by atoms with Gasteiger partial charge in [-0.05, 0) is 67.0 Å². The number of hydrogen-bond acceptors (Lipinski definition) is 6. The number of ether oxygens (including phenoxy) is 1. The Kier molecular flexibility index (Phi) is 8.43. The molecule has 0 radical (unpaired) electrons. The van der Waals surface area contributed by atoms with Crippen LogP contribution in [0.4, 0.5) is 0 Å². The van der Waals surface area contributed by atoms with Crippen LogP contribution < -0.4 is 20.1 Å². The zero-order chi connectivity index (χ0) is 27.0. The lowest BCUT2D eigenvalue weighted by Gasteiger charge is -2.30. The molecule has 37 heavy (non-hydrogen) atoms. The quantitative estimate of drug-likeness (QED) is 0.293. The third-order valence-corrected chi connectivity index (χ3v) is 8.79. The first-order valence-corrected chi connectivity index (χ1v) is 14.2. The predicted molar refractivity (Wildman–Crippen MR) is 146 cm³/mol. The van der Waals surface area contributed by atoms with E-state index in [-0.39, 0.29) is 27.8 Å². The Balaban J connectivity index is 1.96. The fourth-order valence-electron chi connectivity index (χ4n) is 4.36.